The van der Waals surface area contributed by atoms with Gasteiger partial charge in [-0.25, -0.2) is 19.7 Å². The zero-order valence-electron chi connectivity index (χ0n) is 15.5. The summed E-state index contributed by atoms with van der Waals surface area (Å²) >= 11 is 0. The maximum absolute atomic E-state index is 10.9. The van der Waals surface area contributed by atoms with Crippen LogP contribution in [-0.2, 0) is 0 Å². The number of hydrogen-bond donors (Lipinski definition) is 2. The highest BCUT2D eigenvalue weighted by Crippen LogP contribution is 2.27. The lowest BCUT2D eigenvalue weighted by Gasteiger charge is -2.12. The van der Waals surface area contributed by atoms with Gasteiger partial charge in [-0.05, 0) is 42.8 Å². The first-order chi connectivity index (χ1) is 13.5. The number of fused-ring (bicyclic) bond motifs is 2. The predicted octanol–water partition coefficient (Wildman–Crippen LogP) is 2.82. The lowest BCUT2D eigenvalue weighted by molar-refractivity contribution is 0.249. The molecule has 0 bridgehead atoms. The predicted molar refractivity (Wildman–Crippen MR) is 107 cm³/mol. The van der Waals surface area contributed by atoms with Crippen molar-refractivity contribution in [2.24, 2.45) is 10.8 Å². The summed E-state index contributed by atoms with van der Waals surface area (Å²) in [6.45, 7) is 3.87. The fourth-order valence-electron chi connectivity index (χ4n) is 3.11. The van der Waals surface area contributed by atoms with Crippen LogP contribution >= 0.6 is 0 Å². The second kappa shape index (κ2) is 7.07. The molecule has 3 aromatic heterocycles. The lowest BCUT2D eigenvalue weighted by Crippen LogP contribution is -2.25. The van der Waals surface area contributed by atoms with Gasteiger partial charge in [0, 0.05) is 17.5 Å². The summed E-state index contributed by atoms with van der Waals surface area (Å²) in [5.41, 5.74) is 12.3. The van der Waals surface area contributed by atoms with Gasteiger partial charge in [-0.2, -0.15) is 10.2 Å². The Bertz CT molecular complexity index is 1210. The molecule has 4 rings (SSSR count). The highest BCUT2D eigenvalue weighted by atomic mass is 16.2. The molecule has 8 nitrogen and oxygen atoms in total. The second-order valence-corrected chi connectivity index (χ2v) is 6.52. The number of nitrogens with zero attached hydrogens (tertiary/aromatic N) is 5. The summed E-state index contributed by atoms with van der Waals surface area (Å²) in [5.74, 6) is 0.0725. The Morgan fingerprint density at radius 3 is 2.89 bits per heavy atom. The molecule has 0 saturated carbocycles. The van der Waals surface area contributed by atoms with Gasteiger partial charge >= 0.3 is 6.03 Å². The lowest BCUT2D eigenvalue weighted by atomic mass is 9.97. The number of carbonyl (C=O) groups excluding carboxylic acids is 1. The van der Waals surface area contributed by atoms with Crippen LogP contribution in [0.15, 0.2) is 60.0 Å². The highest BCUT2D eigenvalue weighted by molar-refractivity contribution is 5.97. The number of pyridine rings is 1. The monoisotopic (exact) mass is 373 g/mol. The van der Waals surface area contributed by atoms with Crippen LogP contribution in [-0.4, -0.2) is 31.3 Å². The van der Waals surface area contributed by atoms with Crippen molar-refractivity contribution in [3.8, 4) is 0 Å². The quantitative estimate of drug-likeness (QED) is 0.423. The summed E-state index contributed by atoms with van der Waals surface area (Å²) in [7, 11) is 0. The number of nitrogens with two attached hydrogens (primary N) is 1. The SMILES string of the molecule is C/C(=N\NC(N)=O)c1ccc2ncc([C@H](C)c3ccc4ncccc4c3)n2n1. The van der Waals surface area contributed by atoms with Gasteiger partial charge in [0.05, 0.1) is 23.1 Å². The maximum Gasteiger partial charge on any atom is 0.332 e. The summed E-state index contributed by atoms with van der Waals surface area (Å²) < 4.78 is 1.80. The standard InChI is InChI=1S/C20H19N7O/c1-12(14-5-6-17-15(10-14)4-3-9-22-17)18-11-23-19-8-7-16(26-27(18)19)13(2)24-25-20(21)28/h3-12H,1-2H3,(H3,21,25,28)/b24-13+/t12-/m1/s1. The molecule has 8 heteroatoms. The molecule has 1 atom stereocenters. The van der Waals surface area contributed by atoms with Crippen LogP contribution in [0.25, 0.3) is 16.6 Å². The molecule has 3 N–H and O–H groups in total. The summed E-state index contributed by atoms with van der Waals surface area (Å²) in [5, 5.41) is 9.67. The average Bonchev–Trinajstić information content (AvgIpc) is 3.14. The van der Waals surface area contributed by atoms with Crippen LogP contribution < -0.4 is 11.2 Å². The molecule has 0 unspecified atom stereocenters. The minimum Gasteiger partial charge on any atom is -0.350 e. The number of nitrogens with one attached hydrogen (secondary N) is 1. The molecule has 4 aromatic rings. The molecule has 2 amide bonds. The van der Waals surface area contributed by atoms with E-state index in [0.29, 0.717) is 11.4 Å². The van der Waals surface area contributed by atoms with E-state index in [9.17, 15) is 4.79 Å². The Kier molecular flexibility index (Phi) is 4.44. The number of urea groups is 1. The number of amides is 2. The van der Waals surface area contributed by atoms with Crippen LogP contribution in [0.1, 0.15) is 36.7 Å². The van der Waals surface area contributed by atoms with E-state index >= 15 is 0 Å². The molecule has 0 saturated heterocycles. The van der Waals surface area contributed by atoms with Gasteiger partial charge in [0.2, 0.25) is 0 Å². The molecule has 28 heavy (non-hydrogen) atoms. The van der Waals surface area contributed by atoms with Crippen molar-refractivity contribution in [3.05, 3.63) is 71.8 Å². The third kappa shape index (κ3) is 3.27. The zero-order chi connectivity index (χ0) is 19.7. The number of aromatic nitrogens is 4. The third-order valence-electron chi connectivity index (χ3n) is 4.66. The minimum atomic E-state index is -0.719. The Labute approximate surface area is 161 Å². The number of carbonyl (C=O) groups is 1. The van der Waals surface area contributed by atoms with Crippen molar-refractivity contribution in [2.75, 3.05) is 0 Å². The molecular formula is C20H19N7O. The van der Waals surface area contributed by atoms with Crippen molar-refractivity contribution in [1.29, 1.82) is 0 Å². The van der Waals surface area contributed by atoms with Crippen LogP contribution in [0.3, 0.4) is 0 Å². The fraction of sp³-hybridized carbons (Fsp3) is 0.150. The highest BCUT2D eigenvalue weighted by Gasteiger charge is 2.16. The molecule has 0 aliphatic carbocycles. The summed E-state index contributed by atoms with van der Waals surface area (Å²) in [6, 6.07) is 13.2. The first kappa shape index (κ1) is 17.6. The van der Waals surface area contributed by atoms with Crippen LogP contribution in [0.5, 0.6) is 0 Å². The zero-order valence-corrected chi connectivity index (χ0v) is 15.5. The van der Waals surface area contributed by atoms with Gasteiger partial charge in [0.15, 0.2) is 5.65 Å². The number of benzene rings is 1. The number of rotatable bonds is 4. The maximum atomic E-state index is 10.9. The van der Waals surface area contributed by atoms with Crippen molar-refractivity contribution in [1.82, 2.24) is 25.0 Å². The fourth-order valence-corrected chi connectivity index (χ4v) is 3.11. The van der Waals surface area contributed by atoms with Gasteiger partial charge < -0.3 is 5.73 Å². The molecule has 0 radical (unpaired) electrons. The van der Waals surface area contributed by atoms with Crippen LogP contribution in [0.4, 0.5) is 4.79 Å². The van der Waals surface area contributed by atoms with Gasteiger partial charge in [-0.3, -0.25) is 4.98 Å². The first-order valence-electron chi connectivity index (χ1n) is 8.82. The van der Waals surface area contributed by atoms with E-state index < -0.39 is 6.03 Å². The molecular weight excluding hydrogens is 354 g/mol. The Morgan fingerprint density at radius 2 is 2.07 bits per heavy atom. The van der Waals surface area contributed by atoms with Crippen LogP contribution in [0, 0.1) is 0 Å². The van der Waals surface area contributed by atoms with E-state index in [1.54, 1.807) is 23.7 Å². The molecule has 3 heterocycles. The van der Waals surface area contributed by atoms with E-state index in [2.05, 4.69) is 50.7 Å². The first-order valence-corrected chi connectivity index (χ1v) is 8.82. The Morgan fingerprint density at radius 1 is 1.21 bits per heavy atom. The van der Waals surface area contributed by atoms with E-state index in [0.717, 1.165) is 27.8 Å². The molecule has 0 fully saturated rings. The summed E-state index contributed by atoms with van der Waals surface area (Å²) in [4.78, 5) is 19.7. The van der Waals surface area contributed by atoms with E-state index in [1.807, 2.05) is 24.4 Å². The summed E-state index contributed by atoms with van der Waals surface area (Å²) in [6.07, 6.45) is 3.62. The van der Waals surface area contributed by atoms with Crippen molar-refractivity contribution < 1.29 is 4.79 Å². The molecule has 140 valence electrons. The van der Waals surface area contributed by atoms with E-state index in [-0.39, 0.29) is 5.92 Å². The third-order valence-corrected chi connectivity index (χ3v) is 4.66. The van der Waals surface area contributed by atoms with Gasteiger partial charge in [0.1, 0.15) is 5.69 Å². The molecule has 0 spiro atoms. The van der Waals surface area contributed by atoms with Gasteiger partial charge in [-0.15, -0.1) is 0 Å². The number of hydrazone groups is 1. The number of primary amides is 1. The van der Waals surface area contributed by atoms with E-state index in [1.165, 1.54) is 0 Å². The Hall–Kier alpha value is -3.81. The minimum absolute atomic E-state index is 0.0725. The number of hydrogen-bond acceptors (Lipinski definition) is 5. The smallest absolute Gasteiger partial charge is 0.332 e. The normalized spacial score (nSPS) is 13.0. The molecule has 1 aromatic carbocycles. The van der Waals surface area contributed by atoms with Crippen molar-refractivity contribution in [2.45, 2.75) is 19.8 Å². The van der Waals surface area contributed by atoms with Crippen LogP contribution in [0.2, 0.25) is 0 Å². The largest absolute Gasteiger partial charge is 0.350 e. The molecule has 0 aliphatic rings. The second-order valence-electron chi connectivity index (χ2n) is 6.52. The van der Waals surface area contributed by atoms with Gasteiger partial charge in [0.25, 0.3) is 0 Å². The van der Waals surface area contributed by atoms with Crippen molar-refractivity contribution >= 4 is 28.3 Å². The average molecular weight is 373 g/mol. The Balaban J connectivity index is 1.73. The molecule has 0 aliphatic heterocycles. The van der Waals surface area contributed by atoms with E-state index in [4.69, 9.17) is 5.73 Å². The number of imidazole rings is 1. The topological polar surface area (TPSA) is 111 Å². The van der Waals surface area contributed by atoms with Crippen molar-refractivity contribution in [3.63, 3.8) is 0 Å². The van der Waals surface area contributed by atoms with Gasteiger partial charge in [-0.1, -0.05) is 19.1 Å².